The van der Waals surface area contributed by atoms with E-state index in [1.165, 1.54) is 16.1 Å². The van der Waals surface area contributed by atoms with Gasteiger partial charge in [0.1, 0.15) is 5.16 Å². The molecule has 138 valence electrons. The molecule has 2 aliphatic rings. The van der Waals surface area contributed by atoms with Crippen molar-refractivity contribution in [2.75, 3.05) is 16.8 Å². The van der Waals surface area contributed by atoms with E-state index >= 15 is 0 Å². The van der Waals surface area contributed by atoms with E-state index < -0.39 is 0 Å². The molecule has 0 spiro atoms. The summed E-state index contributed by atoms with van der Waals surface area (Å²) in [6.45, 7) is 0. The molecule has 2 nitrogen and oxygen atoms in total. The van der Waals surface area contributed by atoms with Crippen molar-refractivity contribution in [3.05, 3.63) is 102 Å². The number of fused-ring (bicyclic) bond motifs is 2. The molecule has 0 saturated heterocycles. The maximum atomic E-state index is 6.78. The molecule has 0 radical (unpaired) electrons. The lowest BCUT2D eigenvalue weighted by molar-refractivity contribution is 0.991. The summed E-state index contributed by atoms with van der Waals surface area (Å²) in [5.74, 6) is 0. The highest BCUT2D eigenvalue weighted by Crippen LogP contribution is 2.46. The summed E-state index contributed by atoms with van der Waals surface area (Å²) in [4.78, 5) is 5.74. The lowest BCUT2D eigenvalue weighted by Crippen LogP contribution is -2.23. The third-order valence-electron chi connectivity index (χ3n) is 5.16. The first kappa shape index (κ1) is 17.5. The minimum atomic E-state index is 0.240. The van der Waals surface area contributed by atoms with Gasteiger partial charge in [0.05, 0.1) is 16.7 Å². The predicted molar refractivity (Wildman–Crippen MR) is 121 cm³/mol. The molecule has 2 heterocycles. The number of halogens is 1. The molecule has 4 heteroatoms. The first-order chi connectivity index (χ1) is 13.7. The van der Waals surface area contributed by atoms with Crippen LogP contribution >= 0.6 is 23.4 Å². The highest BCUT2D eigenvalue weighted by Gasteiger charge is 2.28. The van der Waals surface area contributed by atoms with Crippen molar-refractivity contribution in [2.45, 2.75) is 10.3 Å². The molecular formula is C24H19ClN2S. The SMILES string of the molecule is CN1c2ccccc2SC1C=C1C=C(Cl)N(c2ccccc2)c2ccccc21. The summed E-state index contributed by atoms with van der Waals surface area (Å²) in [7, 11) is 2.15. The predicted octanol–water partition coefficient (Wildman–Crippen LogP) is 6.87. The van der Waals surface area contributed by atoms with Crippen molar-refractivity contribution in [2.24, 2.45) is 0 Å². The average molecular weight is 403 g/mol. The van der Waals surface area contributed by atoms with Gasteiger partial charge >= 0.3 is 0 Å². The van der Waals surface area contributed by atoms with E-state index in [-0.39, 0.29) is 5.37 Å². The van der Waals surface area contributed by atoms with Crippen LogP contribution in [0.1, 0.15) is 5.56 Å². The third kappa shape index (κ3) is 2.92. The Morgan fingerprint density at radius 1 is 0.857 bits per heavy atom. The van der Waals surface area contributed by atoms with Crippen molar-refractivity contribution < 1.29 is 0 Å². The molecule has 3 aromatic carbocycles. The number of allylic oxidation sites excluding steroid dienone is 2. The molecule has 0 aromatic heterocycles. The summed E-state index contributed by atoms with van der Waals surface area (Å²) in [5, 5.41) is 0.948. The van der Waals surface area contributed by atoms with Gasteiger partial charge in [-0.05, 0) is 48.1 Å². The van der Waals surface area contributed by atoms with Crippen LogP contribution in [0.3, 0.4) is 0 Å². The fraction of sp³-hybridized carbons (Fsp3) is 0.0833. The topological polar surface area (TPSA) is 6.48 Å². The number of benzene rings is 3. The van der Waals surface area contributed by atoms with E-state index in [0.29, 0.717) is 5.16 Å². The molecular weight excluding hydrogens is 384 g/mol. The van der Waals surface area contributed by atoms with E-state index in [1.54, 1.807) is 0 Å². The van der Waals surface area contributed by atoms with E-state index in [2.05, 4.69) is 89.7 Å². The summed E-state index contributed by atoms with van der Waals surface area (Å²) in [6, 6.07) is 27.3. The standard InChI is InChI=1S/C24H19ClN2S/c1-26-21-13-7-8-14-22(21)28-24(26)16-17-15-23(25)27(18-9-3-2-4-10-18)20-12-6-5-11-19(17)20/h2-16,24H,1H3. The first-order valence-corrected chi connectivity index (χ1v) is 10.5. The lowest BCUT2D eigenvalue weighted by atomic mass is 9.98. The van der Waals surface area contributed by atoms with Crippen molar-refractivity contribution >= 4 is 46.0 Å². The molecule has 0 aliphatic carbocycles. The maximum absolute atomic E-state index is 6.78. The average Bonchev–Trinajstić information content (AvgIpc) is 3.04. The summed E-state index contributed by atoms with van der Waals surface area (Å²) in [6.07, 6.45) is 4.39. The molecule has 28 heavy (non-hydrogen) atoms. The van der Waals surface area contributed by atoms with Gasteiger partial charge in [0.2, 0.25) is 0 Å². The number of para-hydroxylation sites is 3. The molecule has 0 bridgehead atoms. The van der Waals surface area contributed by atoms with Gasteiger partial charge in [0.25, 0.3) is 0 Å². The Balaban J connectivity index is 1.57. The Labute approximate surface area is 174 Å². The van der Waals surface area contributed by atoms with E-state index in [9.17, 15) is 0 Å². The Morgan fingerprint density at radius 2 is 1.54 bits per heavy atom. The number of rotatable bonds is 2. The zero-order valence-electron chi connectivity index (χ0n) is 15.4. The van der Waals surface area contributed by atoms with Gasteiger partial charge in [-0.3, -0.25) is 0 Å². The van der Waals surface area contributed by atoms with Gasteiger partial charge < -0.3 is 9.80 Å². The number of nitrogens with zero attached hydrogens (tertiary/aromatic N) is 2. The fourth-order valence-electron chi connectivity index (χ4n) is 3.77. The van der Waals surface area contributed by atoms with Crippen molar-refractivity contribution in [3.8, 4) is 0 Å². The number of anilines is 3. The van der Waals surface area contributed by atoms with Gasteiger partial charge in [-0.2, -0.15) is 0 Å². The van der Waals surface area contributed by atoms with E-state index in [0.717, 1.165) is 16.9 Å². The first-order valence-electron chi connectivity index (χ1n) is 9.24. The van der Waals surface area contributed by atoms with Crippen LogP contribution in [-0.4, -0.2) is 12.4 Å². The van der Waals surface area contributed by atoms with Crippen molar-refractivity contribution in [3.63, 3.8) is 0 Å². The van der Waals surface area contributed by atoms with E-state index in [1.807, 2.05) is 30.0 Å². The van der Waals surface area contributed by atoms with Gasteiger partial charge in [-0.15, -0.1) is 0 Å². The normalized spacial score (nSPS) is 19.4. The van der Waals surface area contributed by atoms with Crippen LogP contribution in [0.2, 0.25) is 0 Å². The third-order valence-corrected chi connectivity index (χ3v) is 6.73. The Bertz CT molecular complexity index is 1090. The minimum Gasteiger partial charge on any atom is -0.358 e. The van der Waals surface area contributed by atoms with Gasteiger partial charge in [-0.25, -0.2) is 0 Å². The zero-order chi connectivity index (χ0) is 19.1. The van der Waals surface area contributed by atoms with Crippen LogP contribution in [0.4, 0.5) is 17.1 Å². The Kier molecular flexibility index (Phi) is 4.42. The molecule has 0 N–H and O–H groups in total. The largest absolute Gasteiger partial charge is 0.358 e. The van der Waals surface area contributed by atoms with Gasteiger partial charge in [0.15, 0.2) is 0 Å². The molecule has 0 saturated carbocycles. The van der Waals surface area contributed by atoms with E-state index in [4.69, 9.17) is 11.6 Å². The highest BCUT2D eigenvalue weighted by atomic mass is 35.5. The zero-order valence-corrected chi connectivity index (χ0v) is 17.0. The molecule has 1 unspecified atom stereocenters. The minimum absolute atomic E-state index is 0.240. The highest BCUT2D eigenvalue weighted by molar-refractivity contribution is 8.00. The van der Waals surface area contributed by atoms with Crippen LogP contribution in [0.15, 0.2) is 101 Å². The van der Waals surface area contributed by atoms with Crippen LogP contribution in [0, 0.1) is 0 Å². The number of hydrogen-bond acceptors (Lipinski definition) is 3. The second kappa shape index (κ2) is 7.08. The number of hydrogen-bond donors (Lipinski definition) is 0. The number of thioether (sulfide) groups is 1. The van der Waals surface area contributed by atoms with Crippen molar-refractivity contribution in [1.29, 1.82) is 0 Å². The number of likely N-dealkylation sites (N-methyl/N-ethyl adjacent to an activating group) is 1. The second-order valence-corrected chi connectivity index (χ2v) is 8.41. The molecule has 5 rings (SSSR count). The second-order valence-electron chi connectivity index (χ2n) is 6.86. The van der Waals surface area contributed by atoms with Crippen LogP contribution in [0.5, 0.6) is 0 Å². The molecule has 1 atom stereocenters. The molecule has 0 amide bonds. The summed E-state index contributed by atoms with van der Waals surface area (Å²) >= 11 is 8.65. The fourth-order valence-corrected chi connectivity index (χ4v) is 5.31. The van der Waals surface area contributed by atoms with Crippen LogP contribution < -0.4 is 9.80 Å². The van der Waals surface area contributed by atoms with Crippen LogP contribution in [0.25, 0.3) is 5.57 Å². The van der Waals surface area contributed by atoms with Crippen molar-refractivity contribution in [1.82, 2.24) is 0 Å². The molecule has 2 aliphatic heterocycles. The lowest BCUT2D eigenvalue weighted by Gasteiger charge is -2.31. The Morgan fingerprint density at radius 3 is 2.32 bits per heavy atom. The molecule has 0 fully saturated rings. The Hall–Kier alpha value is -2.62. The van der Waals surface area contributed by atoms with Gasteiger partial charge in [-0.1, -0.05) is 71.9 Å². The monoisotopic (exact) mass is 402 g/mol. The quantitative estimate of drug-likeness (QED) is 0.432. The van der Waals surface area contributed by atoms with Crippen LogP contribution in [-0.2, 0) is 0 Å². The maximum Gasteiger partial charge on any atom is 0.114 e. The molecule has 3 aromatic rings. The van der Waals surface area contributed by atoms with Gasteiger partial charge in [0, 0.05) is 23.2 Å². The summed E-state index contributed by atoms with van der Waals surface area (Å²) < 4.78 is 0. The summed E-state index contributed by atoms with van der Waals surface area (Å²) in [5.41, 5.74) is 5.80. The smallest absolute Gasteiger partial charge is 0.114 e.